The van der Waals surface area contributed by atoms with Gasteiger partial charge in [-0.15, -0.1) is 11.6 Å². The lowest BCUT2D eigenvalue weighted by Gasteiger charge is -2.31. The third-order valence-electron chi connectivity index (χ3n) is 2.89. The maximum absolute atomic E-state index is 12.0. The van der Waals surface area contributed by atoms with Crippen LogP contribution >= 0.6 is 11.6 Å². The minimum absolute atomic E-state index is 0.254. The number of carbonyl (C=O) groups is 1. The van der Waals surface area contributed by atoms with E-state index >= 15 is 0 Å². The zero-order valence-electron chi connectivity index (χ0n) is 11.3. The minimum Gasteiger partial charge on any atom is -0.446 e. The molecule has 112 valence electrons. The van der Waals surface area contributed by atoms with Gasteiger partial charge in [0.15, 0.2) is 0 Å². The molecule has 0 aliphatic carbocycles. The van der Waals surface area contributed by atoms with Crippen molar-refractivity contribution >= 4 is 27.9 Å². The molecule has 1 heterocycles. The van der Waals surface area contributed by atoms with Gasteiger partial charge in [-0.2, -0.15) is 12.7 Å². The number of hydrogen-bond acceptors (Lipinski definition) is 4. The molecule has 0 saturated carbocycles. The molecule has 1 saturated heterocycles. The van der Waals surface area contributed by atoms with Gasteiger partial charge in [0.25, 0.3) is 0 Å². The zero-order valence-corrected chi connectivity index (χ0v) is 12.8. The number of hydrogen-bond donors (Lipinski definition) is 1. The van der Waals surface area contributed by atoms with Gasteiger partial charge >= 0.3 is 16.3 Å². The first kappa shape index (κ1) is 16.5. The number of nitrogens with zero attached hydrogens (tertiary/aromatic N) is 1. The largest absolute Gasteiger partial charge is 0.446 e. The summed E-state index contributed by atoms with van der Waals surface area (Å²) in [5, 5.41) is 0. The third-order valence-corrected chi connectivity index (χ3v) is 4.55. The monoisotopic (exact) mass is 312 g/mol. The first-order valence-electron chi connectivity index (χ1n) is 6.39. The fraction of sp³-hybridized carbons (Fsp3) is 0.909. The van der Waals surface area contributed by atoms with Crippen molar-refractivity contribution in [3.05, 3.63) is 0 Å². The first-order valence-corrected chi connectivity index (χ1v) is 8.37. The van der Waals surface area contributed by atoms with Crippen molar-refractivity contribution in [2.75, 3.05) is 19.0 Å². The lowest BCUT2D eigenvalue weighted by atomic mass is 9.97. The Bertz CT molecular complexity index is 397. The van der Waals surface area contributed by atoms with Crippen LogP contribution in [0.25, 0.3) is 0 Å². The second-order valence-electron chi connectivity index (χ2n) is 4.91. The molecule has 1 aliphatic heterocycles. The fourth-order valence-electron chi connectivity index (χ4n) is 2.04. The quantitative estimate of drug-likeness (QED) is 0.784. The van der Waals surface area contributed by atoms with E-state index in [1.165, 1.54) is 4.31 Å². The van der Waals surface area contributed by atoms with E-state index < -0.39 is 16.3 Å². The summed E-state index contributed by atoms with van der Waals surface area (Å²) in [5.41, 5.74) is 0. The molecule has 1 amide bonds. The van der Waals surface area contributed by atoms with Gasteiger partial charge in [-0.1, -0.05) is 0 Å². The lowest BCUT2D eigenvalue weighted by molar-refractivity contribution is 0.120. The molecule has 0 spiro atoms. The smallest absolute Gasteiger partial charge is 0.422 e. The molecule has 1 N–H and O–H groups in total. The van der Waals surface area contributed by atoms with Crippen LogP contribution in [0.4, 0.5) is 4.79 Å². The van der Waals surface area contributed by atoms with E-state index in [0.717, 1.165) is 19.3 Å². The van der Waals surface area contributed by atoms with E-state index in [4.69, 9.17) is 16.3 Å². The predicted octanol–water partition coefficient (Wildman–Crippen LogP) is 1.71. The highest BCUT2D eigenvalue weighted by Crippen LogP contribution is 2.21. The van der Waals surface area contributed by atoms with Crippen LogP contribution in [0.1, 0.15) is 33.1 Å². The van der Waals surface area contributed by atoms with Crippen LogP contribution in [-0.4, -0.2) is 43.9 Å². The molecule has 19 heavy (non-hydrogen) atoms. The van der Waals surface area contributed by atoms with Gasteiger partial charge in [0.2, 0.25) is 0 Å². The summed E-state index contributed by atoms with van der Waals surface area (Å²) in [5.74, 6) is 0.769. The second kappa shape index (κ2) is 7.31. The average Bonchev–Trinajstić information content (AvgIpc) is 2.27. The molecule has 8 heteroatoms. The number of carbonyl (C=O) groups excluding carboxylic acids is 1. The Morgan fingerprint density at radius 2 is 2.21 bits per heavy atom. The number of piperidine rings is 1. The van der Waals surface area contributed by atoms with Crippen molar-refractivity contribution in [1.29, 1.82) is 0 Å². The van der Waals surface area contributed by atoms with Crippen LogP contribution in [0.15, 0.2) is 0 Å². The normalized spacial score (nSPS) is 21.4. The number of halogens is 1. The fourth-order valence-corrected chi connectivity index (χ4v) is 3.52. The zero-order chi connectivity index (χ0) is 14.5. The Hall–Kier alpha value is -0.530. The molecule has 1 rings (SSSR count). The summed E-state index contributed by atoms with van der Waals surface area (Å²) in [4.78, 5) is 11.4. The molecule has 0 aromatic rings. The van der Waals surface area contributed by atoms with Crippen LogP contribution in [0.5, 0.6) is 0 Å². The minimum atomic E-state index is -3.81. The Balaban J connectivity index is 2.58. The van der Waals surface area contributed by atoms with Gasteiger partial charge < -0.3 is 4.74 Å². The number of ether oxygens (including phenoxy) is 1. The van der Waals surface area contributed by atoms with Gasteiger partial charge in [-0.05, 0) is 39.0 Å². The number of nitrogens with one attached hydrogen (secondary N) is 1. The Labute approximate surface area is 119 Å². The Kier molecular flexibility index (Phi) is 6.35. The van der Waals surface area contributed by atoms with Gasteiger partial charge in [-0.3, -0.25) is 0 Å². The highest BCUT2D eigenvalue weighted by atomic mass is 35.5. The maximum Gasteiger partial charge on any atom is 0.422 e. The molecule has 0 aromatic carbocycles. The second-order valence-corrected chi connectivity index (χ2v) is 6.95. The number of rotatable bonds is 5. The van der Waals surface area contributed by atoms with Crippen molar-refractivity contribution < 1.29 is 17.9 Å². The Morgan fingerprint density at radius 3 is 2.79 bits per heavy atom. The van der Waals surface area contributed by atoms with Gasteiger partial charge in [0.05, 0.1) is 6.10 Å². The van der Waals surface area contributed by atoms with E-state index in [0.29, 0.717) is 19.0 Å². The van der Waals surface area contributed by atoms with Crippen LogP contribution in [0, 0.1) is 5.92 Å². The molecule has 6 nitrogen and oxygen atoms in total. The molecule has 1 aliphatic rings. The first-order chi connectivity index (χ1) is 8.85. The van der Waals surface area contributed by atoms with E-state index in [2.05, 4.69) is 0 Å². The molecule has 0 aromatic heterocycles. The summed E-state index contributed by atoms with van der Waals surface area (Å²) in [6.45, 7) is 4.13. The molecule has 1 fully saturated rings. The summed E-state index contributed by atoms with van der Waals surface area (Å²) in [7, 11) is -3.81. The lowest BCUT2D eigenvalue weighted by Crippen LogP contribution is -2.48. The van der Waals surface area contributed by atoms with Gasteiger partial charge in [0, 0.05) is 19.0 Å². The topological polar surface area (TPSA) is 75.7 Å². The summed E-state index contributed by atoms with van der Waals surface area (Å²) in [6, 6.07) is 0. The van der Waals surface area contributed by atoms with Gasteiger partial charge in [-0.25, -0.2) is 9.52 Å². The number of alkyl halides is 1. The van der Waals surface area contributed by atoms with Crippen molar-refractivity contribution in [2.24, 2.45) is 5.92 Å². The standard InChI is InChI=1S/C11H21ClN2O4S/c1-9(2)18-11(15)13-19(16,17)14-7-3-4-10(8-14)5-6-12/h9-10H,3-8H2,1-2H3,(H,13,15). The van der Waals surface area contributed by atoms with Crippen molar-refractivity contribution in [1.82, 2.24) is 9.03 Å². The third kappa shape index (κ3) is 5.54. The molecular formula is C11H21ClN2O4S. The molecule has 0 bridgehead atoms. The highest BCUT2D eigenvalue weighted by Gasteiger charge is 2.30. The van der Waals surface area contributed by atoms with E-state index in [-0.39, 0.29) is 12.0 Å². The van der Waals surface area contributed by atoms with Crippen LogP contribution in [-0.2, 0) is 14.9 Å². The Morgan fingerprint density at radius 1 is 1.53 bits per heavy atom. The van der Waals surface area contributed by atoms with E-state index in [1.54, 1.807) is 13.8 Å². The maximum atomic E-state index is 12.0. The van der Waals surface area contributed by atoms with E-state index in [9.17, 15) is 13.2 Å². The van der Waals surface area contributed by atoms with E-state index in [1.807, 2.05) is 4.72 Å². The summed E-state index contributed by atoms with van der Waals surface area (Å²) in [6.07, 6.45) is 1.23. The molecule has 1 unspecified atom stereocenters. The van der Waals surface area contributed by atoms with Gasteiger partial charge in [0.1, 0.15) is 0 Å². The highest BCUT2D eigenvalue weighted by molar-refractivity contribution is 7.87. The van der Waals surface area contributed by atoms with Crippen LogP contribution in [0.3, 0.4) is 0 Å². The molecular weight excluding hydrogens is 292 g/mol. The van der Waals surface area contributed by atoms with Crippen LogP contribution < -0.4 is 4.72 Å². The number of amides is 1. The summed E-state index contributed by atoms with van der Waals surface area (Å²) < 4.78 is 32.0. The summed E-state index contributed by atoms with van der Waals surface area (Å²) >= 11 is 5.68. The predicted molar refractivity (Wildman–Crippen MR) is 73.3 cm³/mol. The van der Waals surface area contributed by atoms with Crippen molar-refractivity contribution in [2.45, 2.75) is 39.2 Å². The van der Waals surface area contributed by atoms with Crippen LogP contribution in [0.2, 0.25) is 0 Å². The van der Waals surface area contributed by atoms with Crippen molar-refractivity contribution in [3.63, 3.8) is 0 Å². The van der Waals surface area contributed by atoms with Crippen molar-refractivity contribution in [3.8, 4) is 0 Å². The average molecular weight is 313 g/mol. The molecule has 0 radical (unpaired) electrons. The SMILES string of the molecule is CC(C)OC(=O)NS(=O)(=O)N1CCCC(CCCl)C1. The molecule has 1 atom stereocenters.